The summed E-state index contributed by atoms with van der Waals surface area (Å²) < 4.78 is 0. The van der Waals surface area contributed by atoms with Crippen LogP contribution in [0.3, 0.4) is 0 Å². The van der Waals surface area contributed by atoms with E-state index >= 15 is 0 Å². The van der Waals surface area contributed by atoms with Crippen molar-refractivity contribution in [3.05, 3.63) is 65.7 Å². The minimum absolute atomic E-state index is 0.623. The summed E-state index contributed by atoms with van der Waals surface area (Å²) in [5.41, 5.74) is 4.88. The SMILES string of the molecule is Cc1ccc(NCc2cnn(-c3ccccc3)n2)c(C)n1. The van der Waals surface area contributed by atoms with Crippen LogP contribution in [0.15, 0.2) is 48.7 Å². The zero-order valence-corrected chi connectivity index (χ0v) is 12.1. The number of hydrogen-bond donors (Lipinski definition) is 1. The maximum Gasteiger partial charge on any atom is 0.102 e. The molecule has 5 heteroatoms. The van der Waals surface area contributed by atoms with Crippen molar-refractivity contribution in [2.45, 2.75) is 20.4 Å². The normalized spacial score (nSPS) is 10.6. The molecule has 3 rings (SSSR count). The lowest BCUT2D eigenvalue weighted by molar-refractivity contribution is 0.740. The number of aromatic nitrogens is 4. The number of nitrogens with zero attached hydrogens (tertiary/aromatic N) is 4. The standard InChI is InChI=1S/C16H17N5/c1-12-8-9-16(13(2)19-12)17-10-14-11-18-21(20-14)15-6-4-3-5-7-15/h3-9,11,17H,10H2,1-2H3. The molecule has 0 fully saturated rings. The van der Waals surface area contributed by atoms with E-state index in [2.05, 4.69) is 20.5 Å². The van der Waals surface area contributed by atoms with Crippen molar-refractivity contribution in [3.63, 3.8) is 0 Å². The molecule has 0 saturated carbocycles. The number of anilines is 1. The zero-order chi connectivity index (χ0) is 14.7. The molecule has 2 heterocycles. The minimum atomic E-state index is 0.623. The molecule has 1 aromatic carbocycles. The quantitative estimate of drug-likeness (QED) is 0.798. The van der Waals surface area contributed by atoms with Crippen LogP contribution in [0.25, 0.3) is 5.69 Å². The maximum absolute atomic E-state index is 4.47. The average molecular weight is 279 g/mol. The third-order valence-electron chi connectivity index (χ3n) is 3.21. The van der Waals surface area contributed by atoms with E-state index < -0.39 is 0 Å². The Kier molecular flexibility index (Phi) is 3.64. The molecule has 0 spiro atoms. The summed E-state index contributed by atoms with van der Waals surface area (Å²) in [5.74, 6) is 0. The Labute approximate surface area is 123 Å². The Morgan fingerprint density at radius 3 is 2.62 bits per heavy atom. The molecule has 0 amide bonds. The summed E-state index contributed by atoms with van der Waals surface area (Å²) in [6, 6.07) is 13.9. The number of hydrogen-bond acceptors (Lipinski definition) is 4. The summed E-state index contributed by atoms with van der Waals surface area (Å²) in [5, 5.41) is 12.1. The highest BCUT2D eigenvalue weighted by Gasteiger charge is 2.04. The van der Waals surface area contributed by atoms with E-state index in [0.29, 0.717) is 6.54 Å². The first kappa shape index (κ1) is 13.3. The monoisotopic (exact) mass is 279 g/mol. The molecule has 3 aromatic rings. The van der Waals surface area contributed by atoms with Crippen LogP contribution in [0.4, 0.5) is 5.69 Å². The lowest BCUT2D eigenvalue weighted by Crippen LogP contribution is -2.04. The summed E-state index contributed by atoms with van der Waals surface area (Å²) in [7, 11) is 0. The second kappa shape index (κ2) is 5.75. The maximum atomic E-state index is 4.47. The first-order valence-electron chi connectivity index (χ1n) is 6.87. The fourth-order valence-electron chi connectivity index (χ4n) is 2.12. The van der Waals surface area contributed by atoms with Gasteiger partial charge in [-0.15, -0.1) is 0 Å². The molecule has 0 aliphatic carbocycles. The van der Waals surface area contributed by atoms with Crippen molar-refractivity contribution in [2.24, 2.45) is 0 Å². The van der Waals surface area contributed by atoms with Crippen molar-refractivity contribution in [1.29, 1.82) is 0 Å². The van der Waals surface area contributed by atoms with Crippen LogP contribution < -0.4 is 5.32 Å². The van der Waals surface area contributed by atoms with E-state index in [-0.39, 0.29) is 0 Å². The Morgan fingerprint density at radius 2 is 1.86 bits per heavy atom. The number of para-hydroxylation sites is 1. The lowest BCUT2D eigenvalue weighted by atomic mass is 10.2. The molecule has 0 saturated heterocycles. The Hall–Kier alpha value is -2.69. The van der Waals surface area contributed by atoms with Gasteiger partial charge in [0.1, 0.15) is 5.69 Å². The van der Waals surface area contributed by atoms with Gasteiger partial charge in [-0.1, -0.05) is 18.2 Å². The summed E-state index contributed by atoms with van der Waals surface area (Å²) in [4.78, 5) is 6.07. The van der Waals surface area contributed by atoms with Crippen LogP contribution in [-0.4, -0.2) is 20.0 Å². The van der Waals surface area contributed by atoms with Crippen molar-refractivity contribution in [3.8, 4) is 5.69 Å². The first-order chi connectivity index (χ1) is 10.2. The zero-order valence-electron chi connectivity index (χ0n) is 12.1. The van der Waals surface area contributed by atoms with Crippen molar-refractivity contribution >= 4 is 5.69 Å². The number of benzene rings is 1. The molecule has 106 valence electrons. The lowest BCUT2D eigenvalue weighted by Gasteiger charge is -2.07. The largest absolute Gasteiger partial charge is 0.378 e. The van der Waals surface area contributed by atoms with Gasteiger partial charge in [0.25, 0.3) is 0 Å². The minimum Gasteiger partial charge on any atom is -0.378 e. The van der Waals surface area contributed by atoms with Gasteiger partial charge in [0.2, 0.25) is 0 Å². The topological polar surface area (TPSA) is 55.6 Å². The van der Waals surface area contributed by atoms with Crippen molar-refractivity contribution < 1.29 is 0 Å². The molecule has 0 radical (unpaired) electrons. The Bertz CT molecular complexity index is 733. The van der Waals surface area contributed by atoms with Crippen LogP contribution in [0, 0.1) is 13.8 Å². The molecule has 5 nitrogen and oxygen atoms in total. The first-order valence-corrected chi connectivity index (χ1v) is 6.87. The van der Waals surface area contributed by atoms with E-state index in [1.54, 1.807) is 11.0 Å². The number of nitrogens with one attached hydrogen (secondary N) is 1. The van der Waals surface area contributed by atoms with Gasteiger partial charge < -0.3 is 5.32 Å². The molecule has 0 aliphatic rings. The Balaban J connectivity index is 1.70. The van der Waals surface area contributed by atoms with Gasteiger partial charge in [0.15, 0.2) is 0 Å². The van der Waals surface area contributed by atoms with Crippen LogP contribution in [0.1, 0.15) is 17.1 Å². The highest BCUT2D eigenvalue weighted by Crippen LogP contribution is 2.13. The molecule has 0 aliphatic heterocycles. The van der Waals surface area contributed by atoms with Crippen LogP contribution in [0.5, 0.6) is 0 Å². The second-order valence-electron chi connectivity index (χ2n) is 4.90. The molecular weight excluding hydrogens is 262 g/mol. The van der Waals surface area contributed by atoms with E-state index in [0.717, 1.165) is 28.5 Å². The molecule has 2 aromatic heterocycles. The van der Waals surface area contributed by atoms with Gasteiger partial charge in [0.05, 0.1) is 29.8 Å². The van der Waals surface area contributed by atoms with Crippen molar-refractivity contribution in [2.75, 3.05) is 5.32 Å². The summed E-state index contributed by atoms with van der Waals surface area (Å²) in [6.07, 6.45) is 1.77. The van der Waals surface area contributed by atoms with Gasteiger partial charge in [0, 0.05) is 5.69 Å². The van der Waals surface area contributed by atoms with Gasteiger partial charge in [-0.05, 0) is 38.1 Å². The van der Waals surface area contributed by atoms with Crippen LogP contribution >= 0.6 is 0 Å². The van der Waals surface area contributed by atoms with Gasteiger partial charge in [-0.2, -0.15) is 15.0 Å². The molecule has 0 unspecified atom stereocenters. The molecule has 0 atom stereocenters. The van der Waals surface area contributed by atoms with Crippen molar-refractivity contribution in [1.82, 2.24) is 20.0 Å². The van der Waals surface area contributed by atoms with E-state index in [9.17, 15) is 0 Å². The summed E-state index contributed by atoms with van der Waals surface area (Å²) >= 11 is 0. The summed E-state index contributed by atoms with van der Waals surface area (Å²) in [6.45, 7) is 4.61. The van der Waals surface area contributed by atoms with Gasteiger partial charge in [-0.3, -0.25) is 4.98 Å². The number of pyridine rings is 1. The van der Waals surface area contributed by atoms with E-state index in [1.165, 1.54) is 0 Å². The van der Waals surface area contributed by atoms with Crippen LogP contribution in [0.2, 0.25) is 0 Å². The number of aryl methyl sites for hydroxylation is 2. The third-order valence-corrected chi connectivity index (χ3v) is 3.21. The highest BCUT2D eigenvalue weighted by atomic mass is 15.5. The molecule has 0 bridgehead atoms. The molecular formula is C16H17N5. The predicted octanol–water partition coefficient (Wildman–Crippen LogP) is 2.89. The molecule has 1 N–H and O–H groups in total. The second-order valence-corrected chi connectivity index (χ2v) is 4.90. The molecule has 21 heavy (non-hydrogen) atoms. The Morgan fingerprint density at radius 1 is 1.05 bits per heavy atom. The fraction of sp³-hybridized carbons (Fsp3) is 0.188. The number of rotatable bonds is 4. The van der Waals surface area contributed by atoms with E-state index in [4.69, 9.17) is 0 Å². The fourth-order valence-corrected chi connectivity index (χ4v) is 2.12. The van der Waals surface area contributed by atoms with E-state index in [1.807, 2.05) is 56.3 Å². The van der Waals surface area contributed by atoms with Gasteiger partial charge in [-0.25, -0.2) is 0 Å². The van der Waals surface area contributed by atoms with Gasteiger partial charge >= 0.3 is 0 Å². The highest BCUT2D eigenvalue weighted by molar-refractivity contribution is 5.47. The smallest absolute Gasteiger partial charge is 0.102 e. The third kappa shape index (κ3) is 3.08. The predicted molar refractivity (Wildman–Crippen MR) is 82.4 cm³/mol. The van der Waals surface area contributed by atoms with Crippen LogP contribution in [-0.2, 0) is 6.54 Å². The average Bonchev–Trinajstić information content (AvgIpc) is 2.96.